The molecule has 1 amide bonds. The maximum absolute atomic E-state index is 12.6. The summed E-state index contributed by atoms with van der Waals surface area (Å²) in [5.41, 5.74) is 0.590. The van der Waals surface area contributed by atoms with Crippen molar-refractivity contribution in [3.8, 4) is 0 Å². The summed E-state index contributed by atoms with van der Waals surface area (Å²) in [6.07, 6.45) is 3.18. The number of hydrogen-bond donors (Lipinski definition) is 1. The molecule has 1 aliphatic heterocycles. The Kier molecular flexibility index (Phi) is 4.50. The van der Waals surface area contributed by atoms with Gasteiger partial charge in [-0.25, -0.2) is 0 Å². The fourth-order valence-electron chi connectivity index (χ4n) is 2.99. The van der Waals surface area contributed by atoms with Crippen molar-refractivity contribution >= 4 is 17.5 Å². The number of furan rings is 1. The van der Waals surface area contributed by atoms with Crippen molar-refractivity contribution in [3.05, 3.63) is 59.0 Å². The van der Waals surface area contributed by atoms with Gasteiger partial charge in [0.05, 0.1) is 6.26 Å². The number of rotatable bonds is 4. The van der Waals surface area contributed by atoms with E-state index < -0.39 is 6.10 Å². The van der Waals surface area contributed by atoms with Crippen molar-refractivity contribution in [2.45, 2.75) is 31.4 Å². The van der Waals surface area contributed by atoms with Gasteiger partial charge in [-0.15, -0.1) is 0 Å². The summed E-state index contributed by atoms with van der Waals surface area (Å²) < 4.78 is 5.23. The number of aliphatic hydroxyl groups excluding tert-OH is 1. The van der Waals surface area contributed by atoms with Crippen LogP contribution in [0.2, 0.25) is 5.02 Å². The molecule has 1 aromatic carbocycles. The summed E-state index contributed by atoms with van der Waals surface area (Å²) >= 11 is 5.96. The summed E-state index contributed by atoms with van der Waals surface area (Å²) in [5, 5.41) is 10.8. The molecule has 5 heteroatoms. The number of likely N-dealkylation sites (tertiary alicyclic amines) is 1. The SMILES string of the molecule is O=C(c1cccc(Cl)c1)N1CCCC1CC(O)c1ccco1. The Labute approximate surface area is 134 Å². The molecule has 116 valence electrons. The van der Waals surface area contributed by atoms with E-state index in [0.29, 0.717) is 29.3 Å². The van der Waals surface area contributed by atoms with Crippen molar-refractivity contribution in [1.29, 1.82) is 0 Å². The van der Waals surface area contributed by atoms with Gasteiger partial charge in [-0.2, -0.15) is 0 Å². The molecule has 0 radical (unpaired) electrons. The van der Waals surface area contributed by atoms with E-state index in [1.165, 1.54) is 0 Å². The van der Waals surface area contributed by atoms with Crippen LogP contribution in [-0.2, 0) is 0 Å². The monoisotopic (exact) mass is 319 g/mol. The normalized spacial score (nSPS) is 19.4. The molecule has 1 aromatic heterocycles. The van der Waals surface area contributed by atoms with Gasteiger partial charge in [0, 0.05) is 29.6 Å². The quantitative estimate of drug-likeness (QED) is 0.935. The summed E-state index contributed by atoms with van der Waals surface area (Å²) in [5.74, 6) is 0.513. The average molecular weight is 320 g/mol. The molecule has 0 bridgehead atoms. The standard InChI is InChI=1S/C17H18ClNO3/c18-13-5-1-4-12(10-13)17(21)19-8-2-6-14(19)11-15(20)16-7-3-9-22-16/h1,3-5,7,9-10,14-15,20H,2,6,8,11H2. The summed E-state index contributed by atoms with van der Waals surface area (Å²) in [4.78, 5) is 14.5. The maximum Gasteiger partial charge on any atom is 0.254 e. The molecule has 1 aliphatic rings. The van der Waals surface area contributed by atoms with Gasteiger partial charge in [0.2, 0.25) is 0 Å². The van der Waals surface area contributed by atoms with Gasteiger partial charge in [-0.1, -0.05) is 17.7 Å². The van der Waals surface area contributed by atoms with E-state index in [2.05, 4.69) is 0 Å². The third-order valence-electron chi connectivity index (χ3n) is 4.08. The molecule has 0 aliphatic carbocycles. The van der Waals surface area contributed by atoms with Gasteiger partial charge in [0.1, 0.15) is 11.9 Å². The van der Waals surface area contributed by atoms with Crippen molar-refractivity contribution in [1.82, 2.24) is 4.90 Å². The number of carbonyl (C=O) groups excluding carboxylic acids is 1. The number of aliphatic hydroxyl groups is 1. The van der Waals surface area contributed by atoms with Crippen LogP contribution in [0.25, 0.3) is 0 Å². The second-order valence-corrected chi connectivity index (χ2v) is 6.01. The number of amides is 1. The van der Waals surface area contributed by atoms with Crippen molar-refractivity contribution in [2.24, 2.45) is 0 Å². The molecule has 2 atom stereocenters. The van der Waals surface area contributed by atoms with Crippen molar-refractivity contribution in [3.63, 3.8) is 0 Å². The van der Waals surface area contributed by atoms with Crippen LogP contribution in [0.3, 0.4) is 0 Å². The number of nitrogens with zero attached hydrogens (tertiary/aromatic N) is 1. The van der Waals surface area contributed by atoms with E-state index in [-0.39, 0.29) is 11.9 Å². The molecular formula is C17H18ClNO3. The van der Waals surface area contributed by atoms with Crippen LogP contribution in [-0.4, -0.2) is 28.5 Å². The lowest BCUT2D eigenvalue weighted by Crippen LogP contribution is -2.36. The molecule has 2 heterocycles. The molecule has 1 fully saturated rings. The van der Waals surface area contributed by atoms with E-state index in [0.717, 1.165) is 12.8 Å². The molecule has 0 spiro atoms. The van der Waals surface area contributed by atoms with Gasteiger partial charge >= 0.3 is 0 Å². The first-order valence-electron chi connectivity index (χ1n) is 7.43. The minimum absolute atomic E-state index is 0.0200. The van der Waals surface area contributed by atoms with Crippen LogP contribution >= 0.6 is 11.6 Å². The first-order chi connectivity index (χ1) is 10.6. The predicted molar refractivity (Wildman–Crippen MR) is 83.8 cm³/mol. The highest BCUT2D eigenvalue weighted by Gasteiger charge is 2.31. The zero-order chi connectivity index (χ0) is 15.5. The van der Waals surface area contributed by atoms with Crippen molar-refractivity contribution in [2.75, 3.05) is 6.54 Å². The van der Waals surface area contributed by atoms with Gasteiger partial charge in [0.15, 0.2) is 0 Å². The first kappa shape index (κ1) is 15.1. The minimum Gasteiger partial charge on any atom is -0.467 e. The van der Waals surface area contributed by atoms with Crippen LogP contribution in [0.15, 0.2) is 47.1 Å². The summed E-state index contributed by atoms with van der Waals surface area (Å²) in [7, 11) is 0. The van der Waals surface area contributed by atoms with E-state index in [1.54, 1.807) is 42.7 Å². The fraction of sp³-hybridized carbons (Fsp3) is 0.353. The van der Waals surface area contributed by atoms with Crippen LogP contribution in [0, 0.1) is 0 Å². The van der Waals surface area contributed by atoms with Crippen LogP contribution < -0.4 is 0 Å². The predicted octanol–water partition coefficient (Wildman–Crippen LogP) is 3.66. The minimum atomic E-state index is -0.687. The van der Waals surface area contributed by atoms with E-state index in [1.807, 2.05) is 4.90 Å². The molecule has 2 unspecified atom stereocenters. The molecule has 2 aromatic rings. The second kappa shape index (κ2) is 6.55. The van der Waals surface area contributed by atoms with Crippen LogP contribution in [0.5, 0.6) is 0 Å². The third kappa shape index (κ3) is 3.18. The lowest BCUT2D eigenvalue weighted by molar-refractivity contribution is 0.0641. The fourth-order valence-corrected chi connectivity index (χ4v) is 3.18. The van der Waals surface area contributed by atoms with Crippen LogP contribution in [0.4, 0.5) is 0 Å². The second-order valence-electron chi connectivity index (χ2n) is 5.57. The Balaban J connectivity index is 1.71. The average Bonchev–Trinajstić information content (AvgIpc) is 3.18. The van der Waals surface area contributed by atoms with Gasteiger partial charge in [-0.3, -0.25) is 4.79 Å². The highest BCUT2D eigenvalue weighted by Crippen LogP contribution is 2.29. The Bertz CT molecular complexity index is 641. The van der Waals surface area contributed by atoms with Crippen LogP contribution in [0.1, 0.15) is 41.5 Å². The van der Waals surface area contributed by atoms with Crippen molar-refractivity contribution < 1.29 is 14.3 Å². The lowest BCUT2D eigenvalue weighted by Gasteiger charge is -2.26. The topological polar surface area (TPSA) is 53.7 Å². The number of benzene rings is 1. The maximum atomic E-state index is 12.6. The lowest BCUT2D eigenvalue weighted by atomic mass is 10.0. The third-order valence-corrected chi connectivity index (χ3v) is 4.31. The van der Waals surface area contributed by atoms with E-state index in [4.69, 9.17) is 16.0 Å². The molecular weight excluding hydrogens is 302 g/mol. The zero-order valence-corrected chi connectivity index (χ0v) is 12.9. The molecule has 1 N–H and O–H groups in total. The number of carbonyl (C=O) groups is 1. The highest BCUT2D eigenvalue weighted by atomic mass is 35.5. The molecule has 3 rings (SSSR count). The molecule has 1 saturated heterocycles. The van der Waals surface area contributed by atoms with E-state index in [9.17, 15) is 9.90 Å². The van der Waals surface area contributed by atoms with Gasteiger partial charge in [-0.05, 0) is 43.2 Å². The molecule has 4 nitrogen and oxygen atoms in total. The van der Waals surface area contributed by atoms with Gasteiger partial charge in [0.25, 0.3) is 5.91 Å². The smallest absolute Gasteiger partial charge is 0.254 e. The number of hydrogen-bond acceptors (Lipinski definition) is 3. The van der Waals surface area contributed by atoms with Gasteiger partial charge < -0.3 is 14.4 Å². The Morgan fingerprint density at radius 3 is 3.00 bits per heavy atom. The highest BCUT2D eigenvalue weighted by molar-refractivity contribution is 6.30. The van der Waals surface area contributed by atoms with E-state index >= 15 is 0 Å². The Hall–Kier alpha value is -1.78. The molecule has 0 saturated carbocycles. The summed E-state index contributed by atoms with van der Waals surface area (Å²) in [6, 6.07) is 10.5. The zero-order valence-electron chi connectivity index (χ0n) is 12.1. The Morgan fingerprint density at radius 2 is 2.27 bits per heavy atom. The Morgan fingerprint density at radius 1 is 1.41 bits per heavy atom. The number of halogens is 1. The summed E-state index contributed by atoms with van der Waals surface area (Å²) in [6.45, 7) is 0.709. The first-order valence-corrected chi connectivity index (χ1v) is 7.81. The largest absolute Gasteiger partial charge is 0.467 e. The molecule has 22 heavy (non-hydrogen) atoms.